The Morgan fingerprint density at radius 1 is 1.40 bits per heavy atom. The van der Waals surface area contributed by atoms with Gasteiger partial charge in [-0.15, -0.1) is 0 Å². The molecule has 1 aliphatic rings. The number of pyridine rings is 1. The van der Waals surface area contributed by atoms with E-state index in [0.29, 0.717) is 0 Å². The third-order valence-electron chi connectivity index (χ3n) is 2.73. The van der Waals surface area contributed by atoms with Gasteiger partial charge in [-0.25, -0.2) is 0 Å². The summed E-state index contributed by atoms with van der Waals surface area (Å²) in [6, 6.07) is 4.40. The Hall–Kier alpha value is -1.08. The third kappa shape index (κ3) is 2.48. The minimum atomic E-state index is 0.237. The predicted molar refractivity (Wildman–Crippen MR) is 62.5 cm³/mol. The van der Waals surface area contributed by atoms with Gasteiger partial charge < -0.3 is 4.90 Å². The zero-order valence-electron chi connectivity index (χ0n) is 8.36. The van der Waals surface area contributed by atoms with Crippen molar-refractivity contribution in [2.45, 2.75) is 12.8 Å². The number of hydrogen-bond donors (Lipinski definition) is 0. The Balaban J connectivity index is 2.05. The number of halogens is 1. The molecular formula is C11H12BrN3. The minimum absolute atomic E-state index is 0.237. The van der Waals surface area contributed by atoms with Crippen molar-refractivity contribution in [2.24, 2.45) is 5.92 Å². The normalized spacial score (nSPS) is 17.5. The molecule has 15 heavy (non-hydrogen) atoms. The lowest BCUT2D eigenvalue weighted by Crippen LogP contribution is -2.33. The van der Waals surface area contributed by atoms with E-state index in [1.54, 1.807) is 6.20 Å². The number of nitrogens with zero attached hydrogens (tertiary/aromatic N) is 3. The molecule has 0 bridgehead atoms. The Bertz CT molecular complexity index is 378. The molecule has 1 aliphatic heterocycles. The van der Waals surface area contributed by atoms with Crippen LogP contribution in [0.15, 0.2) is 22.9 Å². The van der Waals surface area contributed by atoms with Gasteiger partial charge >= 0.3 is 0 Å². The first-order valence-electron chi connectivity index (χ1n) is 5.04. The molecule has 0 aliphatic carbocycles. The van der Waals surface area contributed by atoms with E-state index in [9.17, 15) is 0 Å². The van der Waals surface area contributed by atoms with Gasteiger partial charge in [-0.1, -0.05) is 0 Å². The Morgan fingerprint density at radius 2 is 2.13 bits per heavy atom. The molecule has 2 rings (SSSR count). The van der Waals surface area contributed by atoms with E-state index in [1.807, 2.05) is 6.20 Å². The summed E-state index contributed by atoms with van der Waals surface area (Å²) in [6.07, 6.45) is 5.58. The lowest BCUT2D eigenvalue weighted by Gasteiger charge is -2.30. The quantitative estimate of drug-likeness (QED) is 0.784. The van der Waals surface area contributed by atoms with Crippen molar-refractivity contribution < 1.29 is 0 Å². The van der Waals surface area contributed by atoms with Crippen LogP contribution in [0.3, 0.4) is 0 Å². The average Bonchev–Trinajstić information content (AvgIpc) is 2.29. The van der Waals surface area contributed by atoms with Gasteiger partial charge in [-0.2, -0.15) is 5.26 Å². The molecule has 0 atom stereocenters. The second-order valence-electron chi connectivity index (χ2n) is 3.75. The molecule has 1 saturated heterocycles. The highest BCUT2D eigenvalue weighted by atomic mass is 79.9. The van der Waals surface area contributed by atoms with Crippen molar-refractivity contribution >= 4 is 21.6 Å². The summed E-state index contributed by atoms with van der Waals surface area (Å²) in [6.45, 7) is 1.91. The van der Waals surface area contributed by atoms with Gasteiger partial charge in [0, 0.05) is 29.7 Å². The van der Waals surface area contributed by atoms with Gasteiger partial charge in [0.2, 0.25) is 0 Å². The van der Waals surface area contributed by atoms with Crippen molar-refractivity contribution in [2.75, 3.05) is 18.0 Å². The fraction of sp³-hybridized carbons (Fsp3) is 0.455. The van der Waals surface area contributed by atoms with Crippen LogP contribution in [-0.2, 0) is 0 Å². The van der Waals surface area contributed by atoms with Crippen LogP contribution in [-0.4, -0.2) is 18.1 Å². The summed E-state index contributed by atoms with van der Waals surface area (Å²) in [5, 5.41) is 8.80. The smallest absolute Gasteiger partial charge is 0.0657 e. The molecule has 0 N–H and O–H groups in total. The second-order valence-corrected chi connectivity index (χ2v) is 4.67. The Labute approximate surface area is 97.9 Å². The molecule has 0 unspecified atom stereocenters. The number of anilines is 1. The SMILES string of the molecule is N#CC1CCN(c2cncc(Br)c2)CC1. The van der Waals surface area contributed by atoms with Gasteiger partial charge in [0.15, 0.2) is 0 Å². The fourth-order valence-corrected chi connectivity index (χ4v) is 2.19. The highest BCUT2D eigenvalue weighted by Crippen LogP contribution is 2.24. The Morgan fingerprint density at radius 3 is 2.73 bits per heavy atom. The summed E-state index contributed by atoms with van der Waals surface area (Å²) in [5.41, 5.74) is 1.14. The van der Waals surface area contributed by atoms with Crippen LogP contribution in [0.1, 0.15) is 12.8 Å². The summed E-state index contributed by atoms with van der Waals surface area (Å²) in [4.78, 5) is 6.43. The summed E-state index contributed by atoms with van der Waals surface area (Å²) < 4.78 is 1.00. The number of piperidine rings is 1. The monoisotopic (exact) mass is 265 g/mol. The van der Waals surface area contributed by atoms with Gasteiger partial charge in [-0.3, -0.25) is 4.98 Å². The van der Waals surface area contributed by atoms with Crippen LogP contribution in [0.5, 0.6) is 0 Å². The largest absolute Gasteiger partial charge is 0.370 e. The number of aromatic nitrogens is 1. The van der Waals surface area contributed by atoms with Crippen LogP contribution >= 0.6 is 15.9 Å². The van der Waals surface area contributed by atoms with Crippen molar-refractivity contribution in [1.29, 1.82) is 5.26 Å². The van der Waals surface area contributed by atoms with Crippen LogP contribution in [0.25, 0.3) is 0 Å². The molecule has 0 radical (unpaired) electrons. The molecule has 0 spiro atoms. The van der Waals surface area contributed by atoms with Crippen molar-refractivity contribution in [3.05, 3.63) is 22.9 Å². The van der Waals surface area contributed by atoms with E-state index < -0.39 is 0 Å². The highest BCUT2D eigenvalue weighted by molar-refractivity contribution is 9.10. The van der Waals surface area contributed by atoms with Gasteiger partial charge in [0.25, 0.3) is 0 Å². The molecular weight excluding hydrogens is 254 g/mol. The number of nitriles is 1. The summed E-state index contributed by atoms with van der Waals surface area (Å²) >= 11 is 3.41. The van der Waals surface area contributed by atoms with Crippen LogP contribution in [0, 0.1) is 17.2 Å². The van der Waals surface area contributed by atoms with E-state index in [1.165, 1.54) is 0 Å². The highest BCUT2D eigenvalue weighted by Gasteiger charge is 2.18. The first-order valence-corrected chi connectivity index (χ1v) is 5.84. The van der Waals surface area contributed by atoms with Gasteiger partial charge in [0.05, 0.1) is 18.0 Å². The molecule has 1 aromatic rings. The zero-order valence-corrected chi connectivity index (χ0v) is 9.94. The van der Waals surface area contributed by atoms with E-state index >= 15 is 0 Å². The van der Waals surface area contributed by atoms with Crippen molar-refractivity contribution in [3.8, 4) is 6.07 Å². The van der Waals surface area contributed by atoms with E-state index in [4.69, 9.17) is 5.26 Å². The van der Waals surface area contributed by atoms with Crippen molar-refractivity contribution in [1.82, 2.24) is 4.98 Å². The van der Waals surface area contributed by atoms with E-state index in [0.717, 1.165) is 36.1 Å². The van der Waals surface area contributed by atoms with E-state index in [-0.39, 0.29) is 5.92 Å². The standard InChI is InChI=1S/C11H12BrN3/c12-10-5-11(8-14-7-10)15-3-1-9(6-13)2-4-15/h5,7-9H,1-4H2. The first-order chi connectivity index (χ1) is 7.29. The minimum Gasteiger partial charge on any atom is -0.370 e. The molecule has 2 heterocycles. The third-order valence-corrected chi connectivity index (χ3v) is 3.17. The maximum absolute atomic E-state index is 8.80. The average molecular weight is 266 g/mol. The maximum Gasteiger partial charge on any atom is 0.0657 e. The van der Waals surface area contributed by atoms with Gasteiger partial charge in [-0.05, 0) is 34.8 Å². The molecule has 3 nitrogen and oxygen atoms in total. The molecule has 78 valence electrons. The van der Waals surface area contributed by atoms with Gasteiger partial charge in [0.1, 0.15) is 0 Å². The van der Waals surface area contributed by atoms with Crippen molar-refractivity contribution in [3.63, 3.8) is 0 Å². The molecule has 0 amide bonds. The second kappa shape index (κ2) is 4.63. The summed E-state index contributed by atoms with van der Waals surface area (Å²) in [7, 11) is 0. The van der Waals surface area contributed by atoms with E-state index in [2.05, 4.69) is 37.9 Å². The molecule has 1 fully saturated rings. The molecule has 4 heteroatoms. The molecule has 0 aromatic carbocycles. The maximum atomic E-state index is 8.80. The van der Waals surface area contributed by atoms with Crippen LogP contribution < -0.4 is 4.90 Å². The Kier molecular flexibility index (Phi) is 3.22. The first kappa shape index (κ1) is 10.4. The topological polar surface area (TPSA) is 39.9 Å². The van der Waals surface area contributed by atoms with Crippen LogP contribution in [0.2, 0.25) is 0 Å². The van der Waals surface area contributed by atoms with Crippen LogP contribution in [0.4, 0.5) is 5.69 Å². The zero-order chi connectivity index (χ0) is 10.7. The lowest BCUT2D eigenvalue weighted by molar-refractivity contribution is 0.487. The molecule has 0 saturated carbocycles. The number of hydrogen-bond acceptors (Lipinski definition) is 3. The lowest BCUT2D eigenvalue weighted by atomic mass is 9.98. The molecule has 1 aromatic heterocycles. The number of rotatable bonds is 1. The fourth-order valence-electron chi connectivity index (χ4n) is 1.84. The summed E-state index contributed by atoms with van der Waals surface area (Å²) in [5.74, 6) is 0.237. The predicted octanol–water partition coefficient (Wildman–Crippen LogP) is 2.58.